The van der Waals surface area contributed by atoms with E-state index in [1.54, 1.807) is 12.1 Å². The Morgan fingerprint density at radius 2 is 1.64 bits per heavy atom. The first-order chi connectivity index (χ1) is 17.3. The number of carbonyl (C=O) groups excluding carboxylic acids is 1. The zero-order chi connectivity index (χ0) is 25.5. The molecule has 4 rings (SSSR count). The third kappa shape index (κ3) is 6.95. The van der Waals surface area contributed by atoms with Crippen LogP contribution in [0.25, 0.3) is 11.1 Å². The normalized spacial score (nSPS) is 18.8. The number of carbonyl (C=O) groups is 1. The quantitative estimate of drug-likeness (QED) is 0.385. The second-order valence-corrected chi connectivity index (χ2v) is 11.5. The number of anilines is 1. The molecule has 1 amide bonds. The molecular formula is C29H35N3O3S. The third-order valence-electron chi connectivity index (χ3n) is 6.97. The summed E-state index contributed by atoms with van der Waals surface area (Å²) in [4.78, 5) is 13.3. The van der Waals surface area contributed by atoms with E-state index in [0.29, 0.717) is 24.6 Å². The summed E-state index contributed by atoms with van der Waals surface area (Å²) in [5.41, 5.74) is 10.2. The van der Waals surface area contributed by atoms with Gasteiger partial charge in [-0.3, -0.25) is 9.52 Å². The minimum absolute atomic E-state index is 0.00828. The molecule has 0 aromatic heterocycles. The van der Waals surface area contributed by atoms with Gasteiger partial charge in [-0.05, 0) is 73.4 Å². The number of sulfonamides is 1. The molecule has 3 aromatic rings. The van der Waals surface area contributed by atoms with Crippen LogP contribution in [0, 0.1) is 11.8 Å². The van der Waals surface area contributed by atoms with Crippen molar-refractivity contribution in [2.45, 2.75) is 38.1 Å². The van der Waals surface area contributed by atoms with Crippen molar-refractivity contribution in [3.63, 3.8) is 0 Å². The van der Waals surface area contributed by atoms with E-state index in [1.165, 1.54) is 0 Å². The lowest BCUT2D eigenvalue weighted by molar-refractivity contribution is -0.127. The molecule has 0 heterocycles. The summed E-state index contributed by atoms with van der Waals surface area (Å²) in [7, 11) is -3.42. The van der Waals surface area contributed by atoms with Crippen LogP contribution in [0.3, 0.4) is 0 Å². The predicted octanol–water partition coefficient (Wildman–Crippen LogP) is 4.89. The van der Waals surface area contributed by atoms with E-state index >= 15 is 0 Å². The Morgan fingerprint density at radius 1 is 0.944 bits per heavy atom. The molecule has 0 radical (unpaired) electrons. The number of benzene rings is 3. The smallest absolute Gasteiger partial charge is 0.229 e. The summed E-state index contributed by atoms with van der Waals surface area (Å²) in [5, 5.41) is 3.33. The number of para-hydroxylation sites is 1. The second-order valence-electron chi connectivity index (χ2n) is 9.75. The van der Waals surface area contributed by atoms with Gasteiger partial charge in [0.05, 0.1) is 18.0 Å². The van der Waals surface area contributed by atoms with Crippen LogP contribution < -0.4 is 15.8 Å². The topological polar surface area (TPSA) is 101 Å². The molecule has 0 bridgehead atoms. The highest BCUT2D eigenvalue weighted by molar-refractivity contribution is 7.92. The lowest BCUT2D eigenvalue weighted by Crippen LogP contribution is -2.37. The summed E-state index contributed by atoms with van der Waals surface area (Å²) in [6, 6.07) is 25.3. The minimum atomic E-state index is -3.42. The molecule has 1 saturated carbocycles. The Kier molecular flexibility index (Phi) is 8.44. The monoisotopic (exact) mass is 505 g/mol. The first-order valence-electron chi connectivity index (χ1n) is 12.5. The van der Waals surface area contributed by atoms with Crippen molar-refractivity contribution in [1.82, 2.24) is 5.32 Å². The van der Waals surface area contributed by atoms with Gasteiger partial charge in [0.15, 0.2) is 0 Å². The van der Waals surface area contributed by atoms with Crippen LogP contribution in [-0.2, 0) is 21.2 Å². The number of amides is 1. The highest BCUT2D eigenvalue weighted by Crippen LogP contribution is 2.32. The maximum absolute atomic E-state index is 13.3. The fourth-order valence-electron chi connectivity index (χ4n) is 5.00. The fraction of sp³-hybridized carbons (Fsp3) is 0.345. The van der Waals surface area contributed by atoms with Gasteiger partial charge in [0, 0.05) is 11.5 Å². The average molecular weight is 506 g/mol. The Morgan fingerprint density at radius 3 is 2.33 bits per heavy atom. The van der Waals surface area contributed by atoms with Crippen LogP contribution in [0.15, 0.2) is 78.9 Å². The van der Waals surface area contributed by atoms with E-state index in [-0.39, 0.29) is 17.9 Å². The number of rotatable bonds is 9. The molecule has 190 valence electrons. The minimum Gasteiger partial charge on any atom is -0.349 e. The number of nitrogens with two attached hydrogens (primary N) is 1. The van der Waals surface area contributed by atoms with Crippen LogP contribution >= 0.6 is 0 Å². The van der Waals surface area contributed by atoms with Crippen LogP contribution in [0.5, 0.6) is 0 Å². The van der Waals surface area contributed by atoms with Crippen molar-refractivity contribution in [1.29, 1.82) is 0 Å². The molecule has 3 aromatic carbocycles. The number of nitrogens with one attached hydrogen (secondary N) is 2. The van der Waals surface area contributed by atoms with E-state index in [2.05, 4.69) is 22.2 Å². The second kappa shape index (κ2) is 11.7. The van der Waals surface area contributed by atoms with Crippen molar-refractivity contribution in [3.05, 3.63) is 90.0 Å². The zero-order valence-electron chi connectivity index (χ0n) is 20.7. The van der Waals surface area contributed by atoms with Crippen molar-refractivity contribution in [2.24, 2.45) is 17.6 Å². The van der Waals surface area contributed by atoms with Gasteiger partial charge in [-0.15, -0.1) is 0 Å². The molecule has 6 nitrogen and oxygen atoms in total. The van der Waals surface area contributed by atoms with Crippen molar-refractivity contribution in [3.8, 4) is 11.1 Å². The Bertz CT molecular complexity index is 1270. The molecule has 0 spiro atoms. The first kappa shape index (κ1) is 25.9. The van der Waals surface area contributed by atoms with E-state index in [0.717, 1.165) is 54.2 Å². The number of hydrogen-bond acceptors (Lipinski definition) is 4. The molecule has 1 aliphatic rings. The van der Waals surface area contributed by atoms with Crippen molar-refractivity contribution in [2.75, 3.05) is 17.5 Å². The van der Waals surface area contributed by atoms with Gasteiger partial charge >= 0.3 is 0 Å². The van der Waals surface area contributed by atoms with E-state index < -0.39 is 10.0 Å². The summed E-state index contributed by atoms with van der Waals surface area (Å²) < 4.78 is 26.4. The molecule has 4 N–H and O–H groups in total. The highest BCUT2D eigenvalue weighted by atomic mass is 32.2. The summed E-state index contributed by atoms with van der Waals surface area (Å²) in [5.74, 6) is 0.622. The molecule has 1 fully saturated rings. The van der Waals surface area contributed by atoms with Crippen LogP contribution in [-0.4, -0.2) is 27.1 Å². The van der Waals surface area contributed by atoms with Gasteiger partial charge in [-0.1, -0.05) is 66.7 Å². The summed E-state index contributed by atoms with van der Waals surface area (Å²) in [6.45, 7) is 0.688. The maximum Gasteiger partial charge on any atom is 0.229 e. The SMILES string of the molecule is CS(=O)(=O)Nc1ccccc1-c1cccc(C(Cc2ccccc2)NC(=O)C2CCC(CN)CC2)c1. The lowest BCUT2D eigenvalue weighted by atomic mass is 9.81. The highest BCUT2D eigenvalue weighted by Gasteiger charge is 2.27. The summed E-state index contributed by atoms with van der Waals surface area (Å²) in [6.07, 6.45) is 5.55. The Balaban J connectivity index is 1.62. The van der Waals surface area contributed by atoms with Gasteiger partial charge in [0.2, 0.25) is 15.9 Å². The van der Waals surface area contributed by atoms with Crippen LogP contribution in [0.1, 0.15) is 42.9 Å². The molecule has 36 heavy (non-hydrogen) atoms. The predicted molar refractivity (Wildman–Crippen MR) is 146 cm³/mol. The van der Waals surface area contributed by atoms with Crippen molar-refractivity contribution < 1.29 is 13.2 Å². The molecule has 0 saturated heterocycles. The van der Waals surface area contributed by atoms with Gasteiger partial charge in [0.25, 0.3) is 0 Å². The van der Waals surface area contributed by atoms with Crippen molar-refractivity contribution >= 4 is 21.6 Å². The average Bonchev–Trinajstić information content (AvgIpc) is 2.88. The molecule has 0 aliphatic heterocycles. The van der Waals surface area contributed by atoms with Crippen LogP contribution in [0.2, 0.25) is 0 Å². The Hall–Kier alpha value is -3.16. The van der Waals surface area contributed by atoms with E-state index in [9.17, 15) is 13.2 Å². The van der Waals surface area contributed by atoms with Crippen LogP contribution in [0.4, 0.5) is 5.69 Å². The lowest BCUT2D eigenvalue weighted by Gasteiger charge is -2.29. The molecule has 7 heteroatoms. The standard InChI is InChI=1S/C29H35N3O3S/c1-36(34,35)32-27-13-6-5-12-26(27)24-10-7-11-25(19-24)28(18-21-8-3-2-4-9-21)31-29(33)23-16-14-22(20-30)15-17-23/h2-13,19,22-23,28,32H,14-18,20,30H2,1H3,(H,31,33). The Labute approximate surface area is 214 Å². The zero-order valence-corrected chi connectivity index (χ0v) is 21.5. The molecule has 1 aliphatic carbocycles. The molecule has 1 unspecified atom stereocenters. The van der Waals surface area contributed by atoms with Gasteiger partial charge in [-0.25, -0.2) is 8.42 Å². The van der Waals surface area contributed by atoms with E-state index in [4.69, 9.17) is 5.73 Å². The third-order valence-corrected chi connectivity index (χ3v) is 7.56. The van der Waals surface area contributed by atoms with Gasteiger partial charge in [0.1, 0.15) is 0 Å². The summed E-state index contributed by atoms with van der Waals surface area (Å²) >= 11 is 0. The number of hydrogen-bond donors (Lipinski definition) is 3. The fourth-order valence-corrected chi connectivity index (χ4v) is 5.58. The molecular weight excluding hydrogens is 470 g/mol. The maximum atomic E-state index is 13.3. The van der Waals surface area contributed by atoms with Gasteiger partial charge < -0.3 is 11.1 Å². The first-order valence-corrected chi connectivity index (χ1v) is 14.4. The largest absolute Gasteiger partial charge is 0.349 e. The molecule has 1 atom stereocenters. The van der Waals surface area contributed by atoms with Gasteiger partial charge in [-0.2, -0.15) is 0 Å². The van der Waals surface area contributed by atoms with E-state index in [1.807, 2.05) is 54.6 Å².